The lowest BCUT2D eigenvalue weighted by Gasteiger charge is -2.11. The molecule has 1 aromatic carbocycles. The molecule has 0 aliphatic heterocycles. The van der Waals surface area contributed by atoms with Crippen molar-refractivity contribution in [2.24, 2.45) is 0 Å². The Bertz CT molecular complexity index is 426. The number of benzene rings is 1. The predicted molar refractivity (Wildman–Crippen MR) is 63.8 cm³/mol. The molecule has 106 valence electrons. The van der Waals surface area contributed by atoms with Crippen molar-refractivity contribution < 1.29 is 27.8 Å². The van der Waals surface area contributed by atoms with Crippen molar-refractivity contribution >= 4 is 5.91 Å². The molecule has 0 aliphatic carbocycles. The van der Waals surface area contributed by atoms with E-state index in [0.717, 1.165) is 0 Å². The van der Waals surface area contributed by atoms with Crippen molar-refractivity contribution in [2.45, 2.75) is 6.61 Å². The molecule has 0 heterocycles. The average Bonchev–Trinajstić information content (AvgIpc) is 2.38. The van der Waals surface area contributed by atoms with E-state index in [9.17, 15) is 13.6 Å². The molecule has 1 aromatic rings. The summed E-state index contributed by atoms with van der Waals surface area (Å²) in [5.41, 5.74) is 0.287. The Morgan fingerprint density at radius 2 is 2.05 bits per heavy atom. The van der Waals surface area contributed by atoms with Gasteiger partial charge in [-0.25, -0.2) is 0 Å². The number of rotatable bonds is 7. The summed E-state index contributed by atoms with van der Waals surface area (Å²) in [7, 11) is 2.83. The summed E-state index contributed by atoms with van der Waals surface area (Å²) in [6.45, 7) is -2.21. The minimum Gasteiger partial charge on any atom is -0.493 e. The quantitative estimate of drug-likeness (QED) is 0.769. The van der Waals surface area contributed by atoms with Crippen molar-refractivity contribution in [1.82, 2.24) is 5.32 Å². The van der Waals surface area contributed by atoms with Gasteiger partial charge in [0.25, 0.3) is 5.91 Å². The molecular formula is C12H15F2NO4. The summed E-state index contributed by atoms with van der Waals surface area (Å²) in [4.78, 5) is 11.7. The third-order valence-corrected chi connectivity index (χ3v) is 2.23. The van der Waals surface area contributed by atoms with Crippen LogP contribution in [0.3, 0.4) is 0 Å². The highest BCUT2D eigenvalue weighted by molar-refractivity contribution is 5.94. The van der Waals surface area contributed by atoms with Gasteiger partial charge >= 0.3 is 6.61 Å². The van der Waals surface area contributed by atoms with E-state index in [-0.39, 0.29) is 23.0 Å². The minimum absolute atomic E-state index is 0.0692. The first-order valence-electron chi connectivity index (χ1n) is 5.48. The van der Waals surface area contributed by atoms with E-state index in [1.165, 1.54) is 32.4 Å². The standard InChI is InChI=1S/C12H15F2NO4/c1-17-6-5-15-11(16)8-3-4-9(19-12(13)14)10(7-8)18-2/h3-4,7,12H,5-6H2,1-2H3,(H,15,16). The fraction of sp³-hybridized carbons (Fsp3) is 0.417. The van der Waals surface area contributed by atoms with Crippen LogP contribution in [0.4, 0.5) is 8.78 Å². The van der Waals surface area contributed by atoms with Crippen LogP contribution >= 0.6 is 0 Å². The van der Waals surface area contributed by atoms with Crippen molar-refractivity contribution in [3.05, 3.63) is 23.8 Å². The Morgan fingerprint density at radius 3 is 2.63 bits per heavy atom. The SMILES string of the molecule is COCCNC(=O)c1ccc(OC(F)F)c(OC)c1. The topological polar surface area (TPSA) is 56.8 Å². The summed E-state index contributed by atoms with van der Waals surface area (Å²) >= 11 is 0. The summed E-state index contributed by atoms with van der Waals surface area (Å²) in [5.74, 6) is -0.399. The van der Waals surface area contributed by atoms with Crippen LogP contribution in [0.15, 0.2) is 18.2 Å². The normalized spacial score (nSPS) is 10.4. The van der Waals surface area contributed by atoms with Gasteiger partial charge in [0, 0.05) is 19.2 Å². The molecule has 5 nitrogen and oxygen atoms in total. The fourth-order valence-electron chi connectivity index (χ4n) is 1.37. The zero-order valence-corrected chi connectivity index (χ0v) is 10.6. The van der Waals surface area contributed by atoms with Crippen LogP contribution < -0.4 is 14.8 Å². The Kier molecular flexibility index (Phi) is 6.01. The van der Waals surface area contributed by atoms with Gasteiger partial charge in [-0.2, -0.15) is 8.78 Å². The summed E-state index contributed by atoms with van der Waals surface area (Å²) in [6.07, 6.45) is 0. The molecule has 0 atom stereocenters. The number of alkyl halides is 2. The Morgan fingerprint density at radius 1 is 1.32 bits per heavy atom. The number of ether oxygens (including phenoxy) is 3. The van der Waals surface area contributed by atoms with Gasteiger partial charge in [0.15, 0.2) is 11.5 Å². The molecule has 0 aromatic heterocycles. The monoisotopic (exact) mass is 275 g/mol. The molecular weight excluding hydrogens is 260 g/mol. The second-order valence-electron chi connectivity index (χ2n) is 3.49. The molecule has 0 radical (unpaired) electrons. The average molecular weight is 275 g/mol. The molecule has 0 saturated carbocycles. The number of carbonyl (C=O) groups is 1. The van der Waals surface area contributed by atoms with Crippen molar-refractivity contribution in [2.75, 3.05) is 27.4 Å². The zero-order valence-electron chi connectivity index (χ0n) is 10.6. The highest BCUT2D eigenvalue weighted by Crippen LogP contribution is 2.29. The van der Waals surface area contributed by atoms with Gasteiger partial charge in [-0.3, -0.25) is 4.79 Å². The molecule has 19 heavy (non-hydrogen) atoms. The number of methoxy groups -OCH3 is 2. The lowest BCUT2D eigenvalue weighted by Crippen LogP contribution is -2.26. The lowest BCUT2D eigenvalue weighted by atomic mass is 10.2. The summed E-state index contributed by atoms with van der Waals surface area (Å²) in [6, 6.07) is 3.97. The lowest BCUT2D eigenvalue weighted by molar-refractivity contribution is -0.0512. The fourth-order valence-corrected chi connectivity index (χ4v) is 1.37. The van der Waals surface area contributed by atoms with Gasteiger partial charge < -0.3 is 19.5 Å². The number of carbonyl (C=O) groups excluding carboxylic acids is 1. The maximum atomic E-state index is 12.1. The van der Waals surface area contributed by atoms with E-state index >= 15 is 0 Å². The summed E-state index contributed by atoms with van der Waals surface area (Å²) < 4.78 is 38.2. The van der Waals surface area contributed by atoms with E-state index in [1.54, 1.807) is 0 Å². The van der Waals surface area contributed by atoms with E-state index in [2.05, 4.69) is 10.1 Å². The smallest absolute Gasteiger partial charge is 0.387 e. The first-order valence-corrected chi connectivity index (χ1v) is 5.48. The third kappa shape index (κ3) is 4.70. The van der Waals surface area contributed by atoms with Crippen molar-refractivity contribution in [3.63, 3.8) is 0 Å². The number of nitrogens with one attached hydrogen (secondary N) is 1. The van der Waals surface area contributed by atoms with Gasteiger partial charge in [0.05, 0.1) is 13.7 Å². The number of hydrogen-bond acceptors (Lipinski definition) is 4. The van der Waals surface area contributed by atoms with Crippen LogP contribution in [0.5, 0.6) is 11.5 Å². The Labute approximate surface area is 109 Å². The molecule has 0 bridgehead atoms. The highest BCUT2D eigenvalue weighted by atomic mass is 19.3. The molecule has 1 rings (SSSR count). The first kappa shape index (κ1) is 15.2. The van der Waals surface area contributed by atoms with E-state index in [1.807, 2.05) is 0 Å². The molecule has 7 heteroatoms. The molecule has 0 fully saturated rings. The van der Waals surface area contributed by atoms with Crippen LogP contribution in [0.1, 0.15) is 10.4 Å². The van der Waals surface area contributed by atoms with Crippen LogP contribution in [-0.2, 0) is 4.74 Å². The zero-order chi connectivity index (χ0) is 14.3. The van der Waals surface area contributed by atoms with Gasteiger partial charge in [-0.15, -0.1) is 0 Å². The van der Waals surface area contributed by atoms with Crippen molar-refractivity contribution in [3.8, 4) is 11.5 Å². The largest absolute Gasteiger partial charge is 0.493 e. The number of halogens is 2. The second kappa shape index (κ2) is 7.52. The second-order valence-corrected chi connectivity index (χ2v) is 3.49. The van der Waals surface area contributed by atoms with E-state index in [4.69, 9.17) is 9.47 Å². The first-order chi connectivity index (χ1) is 9.08. The van der Waals surface area contributed by atoms with Gasteiger partial charge in [0.2, 0.25) is 0 Å². The van der Waals surface area contributed by atoms with Crippen LogP contribution in [-0.4, -0.2) is 39.9 Å². The third-order valence-electron chi connectivity index (χ3n) is 2.23. The molecule has 1 N–H and O–H groups in total. The van der Waals surface area contributed by atoms with E-state index in [0.29, 0.717) is 13.2 Å². The number of amides is 1. The van der Waals surface area contributed by atoms with Crippen LogP contribution in [0.25, 0.3) is 0 Å². The molecule has 0 spiro atoms. The summed E-state index contributed by atoms with van der Waals surface area (Å²) in [5, 5.41) is 2.60. The van der Waals surface area contributed by atoms with Crippen LogP contribution in [0.2, 0.25) is 0 Å². The molecule has 0 aliphatic rings. The van der Waals surface area contributed by atoms with Gasteiger partial charge in [0.1, 0.15) is 0 Å². The van der Waals surface area contributed by atoms with Crippen LogP contribution in [0, 0.1) is 0 Å². The molecule has 0 unspecified atom stereocenters. The minimum atomic E-state index is -2.95. The van der Waals surface area contributed by atoms with Gasteiger partial charge in [-0.05, 0) is 18.2 Å². The Balaban J connectivity index is 2.78. The maximum Gasteiger partial charge on any atom is 0.387 e. The van der Waals surface area contributed by atoms with Gasteiger partial charge in [-0.1, -0.05) is 0 Å². The predicted octanol–water partition coefficient (Wildman–Crippen LogP) is 1.67. The maximum absolute atomic E-state index is 12.1. The van der Waals surface area contributed by atoms with Crippen molar-refractivity contribution in [1.29, 1.82) is 0 Å². The van der Waals surface area contributed by atoms with E-state index < -0.39 is 6.61 Å². The Hall–Kier alpha value is -1.89. The number of hydrogen-bond donors (Lipinski definition) is 1. The molecule has 1 amide bonds. The highest BCUT2D eigenvalue weighted by Gasteiger charge is 2.13. The molecule has 0 saturated heterocycles.